The van der Waals surface area contributed by atoms with Crippen LogP contribution in [0.25, 0.3) is 11.3 Å². The zero-order valence-corrected chi connectivity index (χ0v) is 15.3. The number of nitrogens with one attached hydrogen (secondary N) is 1. The maximum Gasteiger partial charge on any atom is 0.277 e. The van der Waals surface area contributed by atoms with Gasteiger partial charge in [0.15, 0.2) is 23.0 Å². The van der Waals surface area contributed by atoms with Gasteiger partial charge >= 0.3 is 0 Å². The lowest BCUT2D eigenvalue weighted by Gasteiger charge is -2.08. The Labute approximate surface area is 155 Å². The second kappa shape index (κ2) is 7.49. The van der Waals surface area contributed by atoms with Crippen LogP contribution in [-0.4, -0.2) is 25.3 Å². The van der Waals surface area contributed by atoms with E-state index in [9.17, 15) is 4.79 Å². The van der Waals surface area contributed by atoms with E-state index in [4.69, 9.17) is 25.6 Å². The summed E-state index contributed by atoms with van der Waals surface area (Å²) in [6.07, 6.45) is 0. The number of rotatable bonds is 5. The van der Waals surface area contributed by atoms with Crippen molar-refractivity contribution in [2.45, 2.75) is 6.92 Å². The molecule has 3 aromatic rings. The van der Waals surface area contributed by atoms with Crippen molar-refractivity contribution in [3.63, 3.8) is 0 Å². The SMILES string of the molecule is COc1ccc(-c2cc(C(=O)Nc3cccc(Cl)c3C)no2)cc1OC. The summed E-state index contributed by atoms with van der Waals surface area (Å²) in [6, 6.07) is 12.2. The second-order valence-electron chi connectivity index (χ2n) is 5.51. The number of methoxy groups -OCH3 is 2. The Morgan fingerprint density at radius 3 is 2.62 bits per heavy atom. The number of amides is 1. The average molecular weight is 373 g/mol. The number of hydrogen-bond donors (Lipinski definition) is 1. The van der Waals surface area contributed by atoms with E-state index in [-0.39, 0.29) is 11.6 Å². The van der Waals surface area contributed by atoms with Gasteiger partial charge in [0.05, 0.1) is 14.2 Å². The third-order valence-corrected chi connectivity index (χ3v) is 4.34. The molecule has 26 heavy (non-hydrogen) atoms. The molecule has 0 aliphatic carbocycles. The number of carbonyl (C=O) groups excluding carboxylic acids is 1. The minimum Gasteiger partial charge on any atom is -0.493 e. The van der Waals surface area contributed by atoms with Gasteiger partial charge in [-0.2, -0.15) is 0 Å². The van der Waals surface area contributed by atoms with E-state index in [1.165, 1.54) is 0 Å². The van der Waals surface area contributed by atoms with E-state index in [1.54, 1.807) is 56.7 Å². The molecule has 0 atom stereocenters. The highest BCUT2D eigenvalue weighted by Gasteiger charge is 2.16. The summed E-state index contributed by atoms with van der Waals surface area (Å²) in [4.78, 5) is 12.4. The molecule has 0 fully saturated rings. The van der Waals surface area contributed by atoms with Crippen molar-refractivity contribution in [3.05, 3.63) is 58.7 Å². The molecule has 6 nitrogen and oxygen atoms in total. The second-order valence-corrected chi connectivity index (χ2v) is 5.92. The van der Waals surface area contributed by atoms with Crippen molar-refractivity contribution < 1.29 is 18.8 Å². The first-order valence-corrected chi connectivity index (χ1v) is 8.17. The smallest absolute Gasteiger partial charge is 0.277 e. The Balaban J connectivity index is 1.83. The molecule has 1 N–H and O–H groups in total. The fourth-order valence-corrected chi connectivity index (χ4v) is 2.61. The molecule has 0 unspecified atom stereocenters. The Kier molecular flexibility index (Phi) is 5.14. The molecule has 134 valence electrons. The van der Waals surface area contributed by atoms with Gasteiger partial charge in [0.25, 0.3) is 5.91 Å². The highest BCUT2D eigenvalue weighted by molar-refractivity contribution is 6.31. The van der Waals surface area contributed by atoms with Gasteiger partial charge < -0.3 is 19.3 Å². The lowest BCUT2D eigenvalue weighted by Crippen LogP contribution is -2.13. The zero-order chi connectivity index (χ0) is 18.7. The minimum atomic E-state index is -0.383. The minimum absolute atomic E-state index is 0.161. The standard InChI is InChI=1S/C19H17ClN2O4/c1-11-13(20)5-4-6-14(11)21-19(23)15-10-17(26-22-15)12-7-8-16(24-2)18(9-12)25-3/h4-10H,1-3H3,(H,21,23). The van der Waals surface area contributed by atoms with E-state index in [2.05, 4.69) is 10.5 Å². The van der Waals surface area contributed by atoms with E-state index in [0.717, 1.165) is 5.56 Å². The molecule has 0 bridgehead atoms. The Morgan fingerprint density at radius 2 is 1.88 bits per heavy atom. The van der Waals surface area contributed by atoms with Crippen LogP contribution >= 0.6 is 11.6 Å². The molecule has 0 aliphatic rings. The van der Waals surface area contributed by atoms with Gasteiger partial charge in [-0.3, -0.25) is 4.79 Å². The Bertz CT molecular complexity index is 952. The van der Waals surface area contributed by atoms with Crippen LogP contribution in [0, 0.1) is 6.92 Å². The predicted molar refractivity (Wildman–Crippen MR) is 99.2 cm³/mol. The van der Waals surface area contributed by atoms with Crippen LogP contribution in [0.1, 0.15) is 16.1 Å². The molecule has 0 saturated heterocycles. The summed E-state index contributed by atoms with van der Waals surface area (Å²) < 4.78 is 15.8. The largest absolute Gasteiger partial charge is 0.493 e. The number of aromatic nitrogens is 1. The monoisotopic (exact) mass is 372 g/mol. The number of ether oxygens (including phenoxy) is 2. The van der Waals surface area contributed by atoms with Gasteiger partial charge in [0.1, 0.15) is 0 Å². The Hall–Kier alpha value is -2.99. The summed E-state index contributed by atoms with van der Waals surface area (Å²) in [7, 11) is 3.11. The van der Waals surface area contributed by atoms with Gasteiger partial charge in [0.2, 0.25) is 0 Å². The van der Waals surface area contributed by atoms with Gasteiger partial charge in [-0.1, -0.05) is 22.8 Å². The van der Waals surface area contributed by atoms with Gasteiger partial charge in [-0.25, -0.2) is 0 Å². The van der Waals surface area contributed by atoms with Gasteiger partial charge in [0, 0.05) is 22.3 Å². The first-order valence-electron chi connectivity index (χ1n) is 7.79. The highest BCUT2D eigenvalue weighted by Crippen LogP contribution is 2.32. The van der Waals surface area contributed by atoms with Crippen LogP contribution in [-0.2, 0) is 0 Å². The number of nitrogens with zero attached hydrogens (tertiary/aromatic N) is 1. The number of hydrogen-bond acceptors (Lipinski definition) is 5. The molecular formula is C19H17ClN2O4. The quantitative estimate of drug-likeness (QED) is 0.710. The third kappa shape index (κ3) is 3.50. The highest BCUT2D eigenvalue weighted by atomic mass is 35.5. The summed E-state index contributed by atoms with van der Waals surface area (Å²) in [5, 5.41) is 7.21. The summed E-state index contributed by atoms with van der Waals surface area (Å²) in [5.41, 5.74) is 2.28. The fourth-order valence-electron chi connectivity index (χ4n) is 2.44. The summed E-state index contributed by atoms with van der Waals surface area (Å²) in [5.74, 6) is 1.22. The van der Waals surface area contributed by atoms with Gasteiger partial charge in [-0.15, -0.1) is 0 Å². The van der Waals surface area contributed by atoms with Crippen LogP contribution in [0.15, 0.2) is 47.0 Å². The van der Waals surface area contributed by atoms with Crippen LogP contribution in [0.5, 0.6) is 11.5 Å². The summed E-state index contributed by atoms with van der Waals surface area (Å²) in [6.45, 7) is 1.83. The topological polar surface area (TPSA) is 73.6 Å². The average Bonchev–Trinajstić information content (AvgIpc) is 3.15. The first kappa shape index (κ1) is 17.8. The first-order chi connectivity index (χ1) is 12.5. The molecule has 2 aromatic carbocycles. The molecule has 0 saturated carbocycles. The number of carbonyl (C=O) groups is 1. The molecule has 1 aromatic heterocycles. The van der Waals surface area contributed by atoms with Crippen molar-refractivity contribution >= 4 is 23.2 Å². The third-order valence-electron chi connectivity index (χ3n) is 3.93. The van der Waals surface area contributed by atoms with Crippen molar-refractivity contribution in [2.75, 3.05) is 19.5 Å². The van der Waals surface area contributed by atoms with E-state index < -0.39 is 0 Å². The number of anilines is 1. The molecule has 0 spiro atoms. The normalized spacial score (nSPS) is 10.5. The Morgan fingerprint density at radius 1 is 1.12 bits per heavy atom. The van der Waals surface area contributed by atoms with Crippen molar-refractivity contribution in [2.24, 2.45) is 0 Å². The van der Waals surface area contributed by atoms with Gasteiger partial charge in [-0.05, 0) is 42.8 Å². The van der Waals surface area contributed by atoms with Crippen LogP contribution in [0.4, 0.5) is 5.69 Å². The molecular weight excluding hydrogens is 356 g/mol. The fraction of sp³-hybridized carbons (Fsp3) is 0.158. The molecule has 0 radical (unpaired) electrons. The molecule has 1 amide bonds. The van der Waals surface area contributed by atoms with E-state index in [0.29, 0.717) is 33.5 Å². The van der Waals surface area contributed by atoms with Crippen molar-refractivity contribution in [1.29, 1.82) is 0 Å². The molecule has 7 heteroatoms. The molecule has 3 rings (SSSR count). The van der Waals surface area contributed by atoms with E-state index >= 15 is 0 Å². The van der Waals surface area contributed by atoms with Crippen LogP contribution in [0.2, 0.25) is 5.02 Å². The van der Waals surface area contributed by atoms with Crippen molar-refractivity contribution in [3.8, 4) is 22.8 Å². The van der Waals surface area contributed by atoms with Crippen molar-refractivity contribution in [1.82, 2.24) is 5.16 Å². The number of benzene rings is 2. The predicted octanol–water partition coefficient (Wildman–Crippen LogP) is 4.57. The van der Waals surface area contributed by atoms with E-state index in [1.807, 2.05) is 6.92 Å². The zero-order valence-electron chi connectivity index (χ0n) is 14.5. The van der Waals surface area contributed by atoms with Crippen LogP contribution < -0.4 is 14.8 Å². The lowest BCUT2D eigenvalue weighted by atomic mass is 10.1. The maximum atomic E-state index is 12.4. The lowest BCUT2D eigenvalue weighted by molar-refractivity contribution is 0.101. The maximum absolute atomic E-state index is 12.4. The summed E-state index contributed by atoms with van der Waals surface area (Å²) >= 11 is 6.07. The number of halogens is 1. The molecule has 1 heterocycles. The van der Waals surface area contributed by atoms with Crippen LogP contribution in [0.3, 0.4) is 0 Å². The molecule has 0 aliphatic heterocycles.